The number of aromatic nitrogens is 2. The molecule has 8 heteroatoms. The molecule has 0 bridgehead atoms. The second kappa shape index (κ2) is 7.30. The zero-order chi connectivity index (χ0) is 21.7. The number of fused-ring (bicyclic) bond motifs is 2. The first-order valence-corrected chi connectivity index (χ1v) is 10.1. The van der Waals surface area contributed by atoms with Crippen LogP contribution in [0.25, 0.3) is 0 Å². The molecular weight excluding hydrogens is 404 g/mol. The van der Waals surface area contributed by atoms with E-state index in [9.17, 15) is 14.7 Å². The van der Waals surface area contributed by atoms with E-state index in [1.165, 1.54) is 22.9 Å². The highest BCUT2D eigenvalue weighted by Crippen LogP contribution is 2.46. The maximum absolute atomic E-state index is 15.0. The average molecular weight is 423 g/mol. The number of halogens is 2. The molecule has 1 N–H and O–H groups in total. The van der Waals surface area contributed by atoms with Gasteiger partial charge < -0.3 is 10.0 Å². The highest BCUT2D eigenvalue weighted by molar-refractivity contribution is 5.96. The molecular formula is C23H19F2N3O3. The number of hydrogen-bond donors (Lipinski definition) is 1. The predicted molar refractivity (Wildman–Crippen MR) is 108 cm³/mol. The van der Waals surface area contributed by atoms with E-state index in [0.29, 0.717) is 24.9 Å². The van der Waals surface area contributed by atoms with Crippen LogP contribution in [-0.4, -0.2) is 38.3 Å². The molecule has 3 aromatic rings. The van der Waals surface area contributed by atoms with Gasteiger partial charge in [-0.1, -0.05) is 36.4 Å². The lowest BCUT2D eigenvalue weighted by Crippen LogP contribution is -2.51. The van der Waals surface area contributed by atoms with Gasteiger partial charge in [0.1, 0.15) is 11.6 Å². The third kappa shape index (κ3) is 2.93. The molecule has 1 saturated heterocycles. The molecule has 0 spiro atoms. The summed E-state index contributed by atoms with van der Waals surface area (Å²) in [5, 5.41) is 14.6. The summed E-state index contributed by atoms with van der Waals surface area (Å²) in [6, 6.07) is 11.5. The molecule has 2 aliphatic rings. The van der Waals surface area contributed by atoms with E-state index >= 15 is 8.78 Å². The van der Waals surface area contributed by atoms with Crippen molar-refractivity contribution < 1.29 is 18.7 Å². The van der Waals surface area contributed by atoms with Crippen molar-refractivity contribution in [3.05, 3.63) is 93.4 Å². The molecule has 0 unspecified atom stereocenters. The number of rotatable bonds is 3. The van der Waals surface area contributed by atoms with Crippen LogP contribution < -0.4 is 5.43 Å². The number of carbonyl (C=O) groups excluding carboxylic acids is 1. The summed E-state index contributed by atoms with van der Waals surface area (Å²) in [5.74, 6) is -3.45. The van der Waals surface area contributed by atoms with Gasteiger partial charge in [0.05, 0.1) is 18.3 Å². The first-order valence-electron chi connectivity index (χ1n) is 10.1. The molecule has 3 atom stereocenters. The Morgan fingerprint density at radius 2 is 1.74 bits per heavy atom. The van der Waals surface area contributed by atoms with Gasteiger partial charge in [0.25, 0.3) is 5.91 Å². The van der Waals surface area contributed by atoms with E-state index in [1.807, 2.05) is 0 Å². The topological polar surface area (TPSA) is 75.4 Å². The SMILES string of the molecule is O=C1c2c(O)c(=O)cnn2[C@@H]([C@H](c2ccccc2)c2c(F)cccc2F)[C@H]2CCCN12. The van der Waals surface area contributed by atoms with E-state index < -0.39 is 46.7 Å². The first kappa shape index (κ1) is 19.4. The van der Waals surface area contributed by atoms with Gasteiger partial charge in [-0.05, 0) is 30.5 Å². The maximum atomic E-state index is 15.0. The molecule has 3 heterocycles. The number of amides is 1. The lowest BCUT2D eigenvalue weighted by molar-refractivity contribution is 0.0563. The lowest BCUT2D eigenvalue weighted by Gasteiger charge is -2.42. The van der Waals surface area contributed by atoms with Crippen molar-refractivity contribution >= 4 is 5.91 Å². The zero-order valence-corrected chi connectivity index (χ0v) is 16.4. The van der Waals surface area contributed by atoms with Crippen molar-refractivity contribution in [2.45, 2.75) is 30.8 Å². The van der Waals surface area contributed by atoms with Crippen LogP contribution in [0.1, 0.15) is 46.4 Å². The van der Waals surface area contributed by atoms with Crippen LogP contribution in [-0.2, 0) is 0 Å². The minimum atomic E-state index is -0.839. The monoisotopic (exact) mass is 423 g/mol. The van der Waals surface area contributed by atoms with E-state index in [1.54, 1.807) is 35.2 Å². The van der Waals surface area contributed by atoms with Crippen molar-refractivity contribution in [3.8, 4) is 5.75 Å². The van der Waals surface area contributed by atoms with Gasteiger partial charge in [-0.2, -0.15) is 5.10 Å². The Morgan fingerprint density at radius 1 is 1.03 bits per heavy atom. The molecule has 31 heavy (non-hydrogen) atoms. The van der Waals surface area contributed by atoms with Crippen molar-refractivity contribution in [3.63, 3.8) is 0 Å². The Balaban J connectivity index is 1.82. The molecule has 6 nitrogen and oxygen atoms in total. The molecule has 158 valence electrons. The highest BCUT2D eigenvalue weighted by Gasteiger charge is 2.48. The Morgan fingerprint density at radius 3 is 2.45 bits per heavy atom. The molecule has 1 aromatic heterocycles. The van der Waals surface area contributed by atoms with Gasteiger partial charge in [-0.3, -0.25) is 14.3 Å². The Labute approximate surface area is 176 Å². The normalized spacial score (nSPS) is 21.0. The Bertz CT molecular complexity index is 1210. The first-order chi connectivity index (χ1) is 15.0. The van der Waals surface area contributed by atoms with Gasteiger partial charge in [0.2, 0.25) is 5.43 Å². The van der Waals surface area contributed by atoms with E-state index in [-0.39, 0.29) is 11.3 Å². The molecule has 1 fully saturated rings. The molecule has 2 aliphatic heterocycles. The fourth-order valence-electron chi connectivity index (χ4n) is 4.95. The van der Waals surface area contributed by atoms with Gasteiger partial charge in [0, 0.05) is 18.0 Å². The standard InChI is InChI=1S/C23H19F2N3O3/c24-14-8-4-9-15(25)19(14)18(13-6-2-1-3-7-13)20-16-10-5-11-27(16)23(31)21-22(30)17(29)12-26-28(20)21/h1-4,6-9,12,16,18,20,30H,5,10-11H2/t16-,18-,20-/m1/s1. The fraction of sp³-hybridized carbons (Fsp3) is 0.261. The third-order valence-electron chi connectivity index (χ3n) is 6.24. The van der Waals surface area contributed by atoms with Crippen LogP contribution in [0.15, 0.2) is 59.5 Å². The van der Waals surface area contributed by atoms with Gasteiger partial charge in [-0.25, -0.2) is 8.78 Å². The zero-order valence-electron chi connectivity index (χ0n) is 16.4. The van der Waals surface area contributed by atoms with Crippen LogP contribution in [0.3, 0.4) is 0 Å². The summed E-state index contributed by atoms with van der Waals surface area (Å²) in [6.45, 7) is 0.434. The molecule has 0 aliphatic carbocycles. The van der Waals surface area contributed by atoms with Crippen LogP contribution in [0, 0.1) is 11.6 Å². The highest BCUT2D eigenvalue weighted by atomic mass is 19.1. The molecule has 1 amide bonds. The van der Waals surface area contributed by atoms with Crippen molar-refractivity contribution in [1.29, 1.82) is 0 Å². The molecule has 2 aromatic carbocycles. The molecule has 5 rings (SSSR count). The number of carbonyl (C=O) groups is 1. The van der Waals surface area contributed by atoms with Gasteiger partial charge in [-0.15, -0.1) is 0 Å². The number of benzene rings is 2. The maximum Gasteiger partial charge on any atom is 0.276 e. The second-order valence-electron chi connectivity index (χ2n) is 7.87. The van der Waals surface area contributed by atoms with E-state index in [4.69, 9.17) is 0 Å². The van der Waals surface area contributed by atoms with Crippen molar-refractivity contribution in [2.75, 3.05) is 6.54 Å². The van der Waals surface area contributed by atoms with Crippen LogP contribution in [0.4, 0.5) is 8.78 Å². The summed E-state index contributed by atoms with van der Waals surface area (Å²) in [7, 11) is 0. The minimum Gasteiger partial charge on any atom is -0.502 e. The van der Waals surface area contributed by atoms with Gasteiger partial charge >= 0.3 is 0 Å². The number of hydrogen-bond acceptors (Lipinski definition) is 4. The number of aromatic hydroxyl groups is 1. The largest absolute Gasteiger partial charge is 0.502 e. The second-order valence-corrected chi connectivity index (χ2v) is 7.87. The summed E-state index contributed by atoms with van der Waals surface area (Å²) in [6.07, 6.45) is 2.25. The average Bonchev–Trinajstić information content (AvgIpc) is 3.25. The van der Waals surface area contributed by atoms with Crippen molar-refractivity contribution in [1.82, 2.24) is 14.7 Å². The number of nitrogens with zero attached hydrogens (tertiary/aromatic N) is 3. The predicted octanol–water partition coefficient (Wildman–Crippen LogP) is 3.22. The molecule has 0 saturated carbocycles. The fourth-order valence-corrected chi connectivity index (χ4v) is 4.95. The van der Waals surface area contributed by atoms with E-state index in [2.05, 4.69) is 5.10 Å². The smallest absolute Gasteiger partial charge is 0.276 e. The molecule has 0 radical (unpaired) electrons. The van der Waals surface area contributed by atoms with Crippen LogP contribution in [0.2, 0.25) is 0 Å². The summed E-state index contributed by atoms with van der Waals surface area (Å²) < 4.78 is 31.3. The third-order valence-corrected chi connectivity index (χ3v) is 6.24. The lowest BCUT2D eigenvalue weighted by atomic mass is 9.79. The quantitative estimate of drug-likeness (QED) is 0.702. The minimum absolute atomic E-state index is 0.133. The van der Waals surface area contributed by atoms with Crippen LogP contribution in [0.5, 0.6) is 5.75 Å². The summed E-state index contributed by atoms with van der Waals surface area (Å²) >= 11 is 0. The Kier molecular flexibility index (Phi) is 4.57. The van der Waals surface area contributed by atoms with E-state index in [0.717, 1.165) is 6.20 Å². The van der Waals surface area contributed by atoms with Crippen LogP contribution >= 0.6 is 0 Å². The van der Waals surface area contributed by atoms with Crippen molar-refractivity contribution in [2.24, 2.45) is 0 Å². The Hall–Kier alpha value is -3.55. The van der Waals surface area contributed by atoms with Gasteiger partial charge in [0.15, 0.2) is 11.4 Å². The summed E-state index contributed by atoms with van der Waals surface area (Å²) in [4.78, 5) is 26.7. The summed E-state index contributed by atoms with van der Waals surface area (Å²) in [5.41, 5.74) is -0.507.